The molecule has 6 nitrogen and oxygen atoms in total. The molecule has 1 atom stereocenters. The molecule has 0 unspecified atom stereocenters. The maximum Gasteiger partial charge on any atom is 0.146 e. The van der Waals surface area contributed by atoms with Gasteiger partial charge in [-0.05, 0) is 25.0 Å². The molecule has 2 fully saturated rings. The number of nitrogens with two attached hydrogens (primary N) is 1. The Morgan fingerprint density at radius 2 is 2.08 bits per heavy atom. The molecule has 6 heteroatoms. The van der Waals surface area contributed by atoms with Crippen molar-refractivity contribution >= 4 is 5.69 Å². The van der Waals surface area contributed by atoms with Gasteiger partial charge < -0.3 is 24.8 Å². The van der Waals surface area contributed by atoms with Crippen molar-refractivity contribution in [3.63, 3.8) is 0 Å². The van der Waals surface area contributed by atoms with E-state index >= 15 is 0 Å². The SMILES string of the molecule is COc1ccc(N2CCC[C@@H](N)C2)c(OCCN2CCOCC2)c1. The Balaban J connectivity index is 1.64. The summed E-state index contributed by atoms with van der Waals surface area (Å²) in [7, 11) is 1.68. The highest BCUT2D eigenvalue weighted by molar-refractivity contribution is 5.61. The number of piperidine rings is 1. The van der Waals surface area contributed by atoms with Gasteiger partial charge in [-0.2, -0.15) is 0 Å². The molecular weight excluding hydrogens is 306 g/mol. The monoisotopic (exact) mass is 335 g/mol. The van der Waals surface area contributed by atoms with Crippen LogP contribution in [0, 0.1) is 0 Å². The number of methoxy groups -OCH3 is 1. The van der Waals surface area contributed by atoms with Gasteiger partial charge in [0, 0.05) is 44.8 Å². The average molecular weight is 335 g/mol. The van der Waals surface area contributed by atoms with Crippen LogP contribution >= 0.6 is 0 Å². The number of anilines is 1. The summed E-state index contributed by atoms with van der Waals surface area (Å²) in [6.45, 7) is 7.09. The molecule has 0 aliphatic carbocycles. The van der Waals surface area contributed by atoms with Crippen LogP contribution in [0.1, 0.15) is 12.8 Å². The summed E-state index contributed by atoms with van der Waals surface area (Å²) in [4.78, 5) is 4.71. The summed E-state index contributed by atoms with van der Waals surface area (Å²) in [5, 5.41) is 0. The van der Waals surface area contributed by atoms with Crippen molar-refractivity contribution in [2.75, 3.05) is 64.6 Å². The van der Waals surface area contributed by atoms with Crippen LogP contribution in [0.15, 0.2) is 18.2 Å². The second-order valence-corrected chi connectivity index (χ2v) is 6.48. The van der Waals surface area contributed by atoms with E-state index in [0.717, 1.165) is 76.0 Å². The van der Waals surface area contributed by atoms with E-state index in [2.05, 4.69) is 15.9 Å². The van der Waals surface area contributed by atoms with E-state index in [1.54, 1.807) is 7.11 Å². The second-order valence-electron chi connectivity index (χ2n) is 6.48. The highest BCUT2D eigenvalue weighted by atomic mass is 16.5. The van der Waals surface area contributed by atoms with Crippen molar-refractivity contribution in [2.24, 2.45) is 5.73 Å². The van der Waals surface area contributed by atoms with Crippen LogP contribution in [0.25, 0.3) is 0 Å². The molecule has 2 N–H and O–H groups in total. The van der Waals surface area contributed by atoms with Crippen LogP contribution in [0.3, 0.4) is 0 Å². The lowest BCUT2D eigenvalue weighted by atomic mass is 10.1. The third kappa shape index (κ3) is 4.53. The zero-order valence-electron chi connectivity index (χ0n) is 14.6. The predicted octanol–water partition coefficient (Wildman–Crippen LogP) is 1.33. The molecule has 2 saturated heterocycles. The van der Waals surface area contributed by atoms with Crippen molar-refractivity contribution in [1.29, 1.82) is 0 Å². The van der Waals surface area contributed by atoms with Gasteiger partial charge in [0.25, 0.3) is 0 Å². The van der Waals surface area contributed by atoms with Gasteiger partial charge in [0.05, 0.1) is 26.0 Å². The molecule has 2 aliphatic rings. The number of ether oxygens (including phenoxy) is 3. The van der Waals surface area contributed by atoms with Crippen molar-refractivity contribution in [3.8, 4) is 11.5 Å². The molecule has 1 aromatic carbocycles. The Hall–Kier alpha value is -1.50. The van der Waals surface area contributed by atoms with E-state index in [1.165, 1.54) is 0 Å². The molecule has 0 saturated carbocycles. The fourth-order valence-electron chi connectivity index (χ4n) is 3.34. The Morgan fingerprint density at radius 1 is 1.25 bits per heavy atom. The first kappa shape index (κ1) is 17.3. The topological polar surface area (TPSA) is 60.2 Å². The highest BCUT2D eigenvalue weighted by Gasteiger charge is 2.20. The minimum absolute atomic E-state index is 0.238. The molecule has 2 aliphatic heterocycles. The van der Waals surface area contributed by atoms with Crippen LogP contribution in [-0.2, 0) is 4.74 Å². The average Bonchev–Trinajstić information content (AvgIpc) is 2.62. The van der Waals surface area contributed by atoms with E-state index < -0.39 is 0 Å². The molecule has 0 radical (unpaired) electrons. The molecule has 0 aromatic heterocycles. The van der Waals surface area contributed by atoms with E-state index in [0.29, 0.717) is 6.61 Å². The summed E-state index contributed by atoms with van der Waals surface area (Å²) >= 11 is 0. The fourth-order valence-corrected chi connectivity index (χ4v) is 3.34. The largest absolute Gasteiger partial charge is 0.497 e. The second kappa shape index (κ2) is 8.55. The molecule has 2 heterocycles. The van der Waals surface area contributed by atoms with Crippen LogP contribution in [0.4, 0.5) is 5.69 Å². The summed E-state index contributed by atoms with van der Waals surface area (Å²) in [5.74, 6) is 1.71. The highest BCUT2D eigenvalue weighted by Crippen LogP contribution is 2.34. The molecular formula is C18H29N3O3. The standard InChI is InChI=1S/C18H29N3O3/c1-22-16-4-5-17(21-6-2-3-15(19)14-21)18(13-16)24-12-9-20-7-10-23-11-8-20/h4-5,13,15H,2-3,6-12,14,19H2,1H3/t15-/m1/s1. The van der Waals surface area contributed by atoms with Crippen molar-refractivity contribution in [2.45, 2.75) is 18.9 Å². The Kier molecular flexibility index (Phi) is 6.18. The van der Waals surface area contributed by atoms with Crippen molar-refractivity contribution in [3.05, 3.63) is 18.2 Å². The predicted molar refractivity (Wildman–Crippen MR) is 95.2 cm³/mol. The van der Waals surface area contributed by atoms with Crippen LogP contribution in [0.5, 0.6) is 11.5 Å². The van der Waals surface area contributed by atoms with Gasteiger partial charge in [-0.15, -0.1) is 0 Å². The molecule has 1 aromatic rings. The maximum atomic E-state index is 6.14. The summed E-state index contributed by atoms with van der Waals surface area (Å²) in [6, 6.07) is 6.29. The third-order valence-electron chi connectivity index (χ3n) is 4.73. The quantitative estimate of drug-likeness (QED) is 0.846. The molecule has 0 bridgehead atoms. The van der Waals surface area contributed by atoms with Gasteiger partial charge in [0.2, 0.25) is 0 Å². The fraction of sp³-hybridized carbons (Fsp3) is 0.667. The zero-order valence-corrected chi connectivity index (χ0v) is 14.6. The van der Waals surface area contributed by atoms with E-state index in [4.69, 9.17) is 19.9 Å². The maximum absolute atomic E-state index is 6.14. The molecule has 0 spiro atoms. The number of hydrogen-bond acceptors (Lipinski definition) is 6. The first-order chi connectivity index (χ1) is 11.8. The number of morpholine rings is 1. The number of nitrogens with zero attached hydrogens (tertiary/aromatic N) is 2. The van der Waals surface area contributed by atoms with E-state index in [9.17, 15) is 0 Å². The van der Waals surface area contributed by atoms with Crippen molar-refractivity contribution in [1.82, 2.24) is 4.90 Å². The lowest BCUT2D eigenvalue weighted by Crippen LogP contribution is -2.43. The van der Waals surface area contributed by atoms with Gasteiger partial charge in [0.1, 0.15) is 18.1 Å². The minimum Gasteiger partial charge on any atom is -0.497 e. The number of hydrogen-bond donors (Lipinski definition) is 1. The Morgan fingerprint density at radius 3 is 2.83 bits per heavy atom. The Bertz CT molecular complexity index is 520. The zero-order chi connectivity index (χ0) is 16.8. The van der Waals surface area contributed by atoms with Gasteiger partial charge in [-0.25, -0.2) is 0 Å². The summed E-state index contributed by atoms with van der Waals surface area (Å²) < 4.78 is 16.9. The van der Waals surface area contributed by atoms with Gasteiger partial charge in [-0.3, -0.25) is 4.90 Å². The van der Waals surface area contributed by atoms with Gasteiger partial charge in [0.15, 0.2) is 0 Å². The summed E-state index contributed by atoms with van der Waals surface area (Å²) in [5.41, 5.74) is 7.26. The first-order valence-corrected chi connectivity index (χ1v) is 8.88. The third-order valence-corrected chi connectivity index (χ3v) is 4.73. The smallest absolute Gasteiger partial charge is 0.146 e. The normalized spacial score (nSPS) is 22.4. The van der Waals surface area contributed by atoms with Gasteiger partial charge in [-0.1, -0.05) is 0 Å². The molecule has 0 amide bonds. The molecule has 3 rings (SSSR count). The number of benzene rings is 1. The first-order valence-electron chi connectivity index (χ1n) is 8.88. The molecule has 134 valence electrons. The number of rotatable bonds is 6. The van der Waals surface area contributed by atoms with Crippen LogP contribution < -0.4 is 20.1 Å². The summed E-state index contributed by atoms with van der Waals surface area (Å²) in [6.07, 6.45) is 2.22. The minimum atomic E-state index is 0.238. The van der Waals surface area contributed by atoms with E-state index in [-0.39, 0.29) is 6.04 Å². The lowest BCUT2D eigenvalue weighted by molar-refractivity contribution is 0.0322. The van der Waals surface area contributed by atoms with Crippen molar-refractivity contribution < 1.29 is 14.2 Å². The van der Waals surface area contributed by atoms with Crippen LogP contribution in [0.2, 0.25) is 0 Å². The molecule has 24 heavy (non-hydrogen) atoms. The van der Waals surface area contributed by atoms with Gasteiger partial charge >= 0.3 is 0 Å². The van der Waals surface area contributed by atoms with E-state index in [1.807, 2.05) is 12.1 Å². The Labute approximate surface area is 144 Å². The lowest BCUT2D eigenvalue weighted by Gasteiger charge is -2.34. The van der Waals surface area contributed by atoms with Crippen LogP contribution in [-0.4, -0.2) is 70.6 Å².